The molecule has 0 spiro atoms. The van der Waals surface area contributed by atoms with E-state index >= 15 is 0 Å². The van der Waals surface area contributed by atoms with Crippen molar-refractivity contribution in [2.75, 3.05) is 12.3 Å². The van der Waals surface area contributed by atoms with Crippen LogP contribution < -0.4 is 11.1 Å². The van der Waals surface area contributed by atoms with Crippen molar-refractivity contribution < 1.29 is 9.18 Å². The second-order valence-corrected chi connectivity index (χ2v) is 3.74. The van der Waals surface area contributed by atoms with Crippen molar-refractivity contribution in [3.05, 3.63) is 24.0 Å². The van der Waals surface area contributed by atoms with E-state index in [1.165, 1.54) is 19.1 Å². The number of imidazole rings is 1. The predicted octanol–water partition coefficient (Wildman–Crippen LogP) is 0.894. The normalized spacial score (nSPS) is 10.7. The summed E-state index contributed by atoms with van der Waals surface area (Å²) in [6.45, 7) is 2.34. The molecule has 5 nitrogen and oxygen atoms in total. The molecule has 3 N–H and O–H groups in total. The molecule has 2 aromatic rings. The Morgan fingerprint density at radius 3 is 3.06 bits per heavy atom. The van der Waals surface area contributed by atoms with Gasteiger partial charge in [0.1, 0.15) is 5.82 Å². The standard InChI is InChI=1S/C11H13FN4O/c1-7(17)14-4-5-16-10-6-8(12)2-3-9(10)15-11(16)13/h2-3,6H,4-5H2,1H3,(H2,13,15)(H,14,17). The van der Waals surface area contributed by atoms with Crippen LogP contribution in [-0.4, -0.2) is 22.0 Å². The maximum atomic E-state index is 13.1. The van der Waals surface area contributed by atoms with Gasteiger partial charge in [0.05, 0.1) is 11.0 Å². The third-order valence-corrected chi connectivity index (χ3v) is 2.45. The topological polar surface area (TPSA) is 72.9 Å². The average molecular weight is 236 g/mol. The smallest absolute Gasteiger partial charge is 0.216 e. The summed E-state index contributed by atoms with van der Waals surface area (Å²) in [5, 5.41) is 2.65. The Bertz CT molecular complexity index is 564. The van der Waals surface area contributed by atoms with Crippen molar-refractivity contribution in [1.29, 1.82) is 0 Å². The van der Waals surface area contributed by atoms with E-state index in [1.807, 2.05) is 0 Å². The van der Waals surface area contributed by atoms with Crippen LogP contribution in [0.25, 0.3) is 11.0 Å². The van der Waals surface area contributed by atoms with Gasteiger partial charge < -0.3 is 15.6 Å². The van der Waals surface area contributed by atoms with Crippen LogP contribution in [0.1, 0.15) is 6.92 Å². The fraction of sp³-hybridized carbons (Fsp3) is 0.273. The zero-order valence-electron chi connectivity index (χ0n) is 9.40. The van der Waals surface area contributed by atoms with Gasteiger partial charge in [-0.2, -0.15) is 0 Å². The molecule has 0 aliphatic heterocycles. The number of benzene rings is 1. The number of aromatic nitrogens is 2. The number of nitrogens with two attached hydrogens (primary N) is 1. The van der Waals surface area contributed by atoms with Crippen LogP contribution in [0.2, 0.25) is 0 Å². The van der Waals surface area contributed by atoms with Gasteiger partial charge >= 0.3 is 0 Å². The number of rotatable bonds is 3. The van der Waals surface area contributed by atoms with E-state index in [0.29, 0.717) is 30.1 Å². The molecule has 0 bridgehead atoms. The third kappa shape index (κ3) is 2.35. The first kappa shape index (κ1) is 11.4. The minimum atomic E-state index is -0.335. The highest BCUT2D eigenvalue weighted by atomic mass is 19.1. The summed E-state index contributed by atoms with van der Waals surface area (Å²) in [5.74, 6) is -0.131. The molecule has 1 heterocycles. The van der Waals surface area contributed by atoms with Gasteiger partial charge in [-0.25, -0.2) is 9.37 Å². The van der Waals surface area contributed by atoms with Crippen molar-refractivity contribution in [3.63, 3.8) is 0 Å². The SMILES string of the molecule is CC(=O)NCCn1c(N)nc2ccc(F)cc21. The first-order valence-electron chi connectivity index (χ1n) is 5.23. The van der Waals surface area contributed by atoms with Gasteiger partial charge in [-0.05, 0) is 18.2 Å². The molecular weight excluding hydrogens is 223 g/mol. The molecule has 6 heteroatoms. The fourth-order valence-electron chi connectivity index (χ4n) is 1.69. The van der Waals surface area contributed by atoms with E-state index in [1.54, 1.807) is 10.6 Å². The number of nitrogen functional groups attached to an aromatic ring is 1. The zero-order chi connectivity index (χ0) is 12.4. The lowest BCUT2D eigenvalue weighted by Crippen LogP contribution is -2.24. The van der Waals surface area contributed by atoms with E-state index in [9.17, 15) is 9.18 Å². The minimum Gasteiger partial charge on any atom is -0.369 e. The lowest BCUT2D eigenvalue weighted by molar-refractivity contribution is -0.118. The van der Waals surface area contributed by atoms with Crippen LogP contribution in [0.15, 0.2) is 18.2 Å². The van der Waals surface area contributed by atoms with Gasteiger partial charge in [0, 0.05) is 20.0 Å². The van der Waals surface area contributed by atoms with Gasteiger partial charge in [-0.1, -0.05) is 0 Å². The Morgan fingerprint density at radius 2 is 2.35 bits per heavy atom. The number of fused-ring (bicyclic) bond motifs is 1. The molecular formula is C11H13FN4O. The number of carbonyl (C=O) groups is 1. The third-order valence-electron chi connectivity index (χ3n) is 2.45. The maximum absolute atomic E-state index is 13.1. The molecule has 0 aliphatic carbocycles. The number of amides is 1. The fourth-order valence-corrected chi connectivity index (χ4v) is 1.69. The molecule has 1 amide bonds. The highest BCUT2D eigenvalue weighted by molar-refractivity contribution is 5.78. The van der Waals surface area contributed by atoms with Gasteiger partial charge in [0.15, 0.2) is 0 Å². The van der Waals surface area contributed by atoms with Crippen LogP contribution in [0.5, 0.6) is 0 Å². The Labute approximate surface area is 97.4 Å². The molecule has 0 radical (unpaired) electrons. The van der Waals surface area contributed by atoms with Gasteiger partial charge in [0.25, 0.3) is 0 Å². The molecule has 17 heavy (non-hydrogen) atoms. The van der Waals surface area contributed by atoms with E-state index in [4.69, 9.17) is 5.73 Å². The molecule has 90 valence electrons. The lowest BCUT2D eigenvalue weighted by atomic mass is 10.3. The number of nitrogens with one attached hydrogen (secondary N) is 1. The summed E-state index contributed by atoms with van der Waals surface area (Å²) in [6.07, 6.45) is 0. The van der Waals surface area contributed by atoms with E-state index in [2.05, 4.69) is 10.3 Å². The summed E-state index contributed by atoms with van der Waals surface area (Å²) in [4.78, 5) is 14.9. The quantitative estimate of drug-likeness (QED) is 0.831. The Hall–Kier alpha value is -2.11. The van der Waals surface area contributed by atoms with Crippen LogP contribution >= 0.6 is 0 Å². The summed E-state index contributed by atoms with van der Waals surface area (Å²) < 4.78 is 14.8. The molecule has 0 aliphatic rings. The predicted molar refractivity (Wildman–Crippen MR) is 62.8 cm³/mol. The summed E-state index contributed by atoms with van der Waals surface area (Å²) in [7, 11) is 0. The maximum Gasteiger partial charge on any atom is 0.216 e. The summed E-state index contributed by atoms with van der Waals surface area (Å²) in [6, 6.07) is 4.30. The number of hydrogen-bond donors (Lipinski definition) is 2. The molecule has 1 aromatic heterocycles. The Balaban J connectivity index is 2.28. The van der Waals surface area contributed by atoms with Crippen molar-refractivity contribution in [3.8, 4) is 0 Å². The number of nitrogens with zero attached hydrogens (tertiary/aromatic N) is 2. The zero-order valence-corrected chi connectivity index (χ0v) is 9.40. The Kier molecular flexibility index (Phi) is 2.95. The summed E-state index contributed by atoms with van der Waals surface area (Å²) in [5.41, 5.74) is 7.01. The van der Waals surface area contributed by atoms with Crippen LogP contribution in [-0.2, 0) is 11.3 Å². The van der Waals surface area contributed by atoms with Crippen molar-refractivity contribution in [2.24, 2.45) is 0 Å². The lowest BCUT2D eigenvalue weighted by Gasteiger charge is -2.06. The largest absolute Gasteiger partial charge is 0.369 e. The van der Waals surface area contributed by atoms with Crippen molar-refractivity contribution >= 4 is 22.9 Å². The van der Waals surface area contributed by atoms with Crippen molar-refractivity contribution in [2.45, 2.75) is 13.5 Å². The van der Waals surface area contributed by atoms with Crippen molar-refractivity contribution in [1.82, 2.24) is 14.9 Å². The number of halogens is 1. The molecule has 0 unspecified atom stereocenters. The van der Waals surface area contributed by atoms with E-state index in [-0.39, 0.29) is 11.7 Å². The molecule has 2 rings (SSSR count). The first-order valence-corrected chi connectivity index (χ1v) is 5.23. The van der Waals surface area contributed by atoms with Crippen LogP contribution in [0, 0.1) is 5.82 Å². The van der Waals surface area contributed by atoms with Crippen LogP contribution in [0.4, 0.5) is 10.3 Å². The Morgan fingerprint density at radius 1 is 1.59 bits per heavy atom. The molecule has 0 atom stereocenters. The molecule has 0 saturated heterocycles. The summed E-state index contributed by atoms with van der Waals surface area (Å²) >= 11 is 0. The highest BCUT2D eigenvalue weighted by Crippen LogP contribution is 2.18. The van der Waals surface area contributed by atoms with E-state index in [0.717, 1.165) is 0 Å². The van der Waals surface area contributed by atoms with E-state index < -0.39 is 0 Å². The second-order valence-electron chi connectivity index (χ2n) is 3.74. The van der Waals surface area contributed by atoms with Crippen LogP contribution in [0.3, 0.4) is 0 Å². The van der Waals surface area contributed by atoms with Gasteiger partial charge in [-0.3, -0.25) is 4.79 Å². The van der Waals surface area contributed by atoms with Gasteiger partial charge in [0.2, 0.25) is 11.9 Å². The number of anilines is 1. The second kappa shape index (κ2) is 4.40. The minimum absolute atomic E-state index is 0.112. The number of carbonyl (C=O) groups excluding carboxylic acids is 1. The van der Waals surface area contributed by atoms with Gasteiger partial charge in [-0.15, -0.1) is 0 Å². The highest BCUT2D eigenvalue weighted by Gasteiger charge is 2.08. The monoisotopic (exact) mass is 236 g/mol. The molecule has 0 saturated carbocycles. The molecule has 1 aromatic carbocycles. The average Bonchev–Trinajstić information content (AvgIpc) is 2.55. The number of hydrogen-bond acceptors (Lipinski definition) is 3. The first-order chi connectivity index (χ1) is 8.08. The molecule has 0 fully saturated rings.